The van der Waals surface area contributed by atoms with Gasteiger partial charge in [-0.1, -0.05) is 20.8 Å². The first-order chi connectivity index (χ1) is 14.4. The number of ether oxygens (including phenoxy) is 5. The number of esters is 3. The molecular formula is C21H26O10. The fourth-order valence-corrected chi connectivity index (χ4v) is 8.38. The molecule has 31 heavy (non-hydrogen) atoms. The molecule has 2 saturated carbocycles. The molecule has 4 saturated heterocycles. The maximum absolute atomic E-state index is 13.5. The molecule has 0 radical (unpaired) electrons. The number of methoxy groups -OCH3 is 1. The molecule has 6 unspecified atom stereocenters. The van der Waals surface area contributed by atoms with Gasteiger partial charge in [-0.25, -0.2) is 9.59 Å². The zero-order chi connectivity index (χ0) is 22.5. The van der Waals surface area contributed by atoms with Gasteiger partial charge < -0.3 is 33.9 Å². The minimum Gasteiger partial charge on any atom is -0.459 e. The van der Waals surface area contributed by atoms with Gasteiger partial charge in [0, 0.05) is 7.11 Å². The fraction of sp³-hybridized carbons (Fsp3) is 0.857. The minimum atomic E-state index is -2.19. The average Bonchev–Trinajstić information content (AvgIpc) is 3.38. The molecule has 0 aromatic heterocycles. The van der Waals surface area contributed by atoms with Crippen LogP contribution in [0.4, 0.5) is 0 Å². The predicted octanol–water partition coefficient (Wildman–Crippen LogP) is -0.715. The van der Waals surface area contributed by atoms with Crippen molar-refractivity contribution < 1.29 is 48.3 Å². The summed E-state index contributed by atoms with van der Waals surface area (Å²) in [5.41, 5.74) is -7.69. The lowest BCUT2D eigenvalue weighted by Crippen LogP contribution is -2.67. The lowest BCUT2D eigenvalue weighted by atomic mass is 9.51. The van der Waals surface area contributed by atoms with Gasteiger partial charge in [0.15, 0.2) is 17.8 Å². The summed E-state index contributed by atoms with van der Waals surface area (Å²) in [6.45, 7) is 7.39. The number of hydrogen-bond acceptors (Lipinski definition) is 10. The highest BCUT2D eigenvalue weighted by atomic mass is 16.8. The Kier molecular flexibility index (Phi) is 3.26. The molecule has 2 N–H and O–H groups in total. The van der Waals surface area contributed by atoms with E-state index >= 15 is 0 Å². The number of rotatable bonds is 1. The molecule has 4 aliphatic heterocycles. The molecule has 11 atom stereocenters. The summed E-state index contributed by atoms with van der Waals surface area (Å²) in [6, 6.07) is 0. The van der Waals surface area contributed by atoms with Crippen LogP contribution in [0.25, 0.3) is 0 Å². The van der Waals surface area contributed by atoms with Crippen LogP contribution in [0.5, 0.6) is 0 Å². The summed E-state index contributed by atoms with van der Waals surface area (Å²) >= 11 is 0. The van der Waals surface area contributed by atoms with E-state index < -0.39 is 82.0 Å². The zero-order valence-corrected chi connectivity index (χ0v) is 17.9. The van der Waals surface area contributed by atoms with Gasteiger partial charge in [0.1, 0.15) is 12.2 Å². The summed E-state index contributed by atoms with van der Waals surface area (Å²) in [5, 5.41) is 23.7. The van der Waals surface area contributed by atoms with Crippen molar-refractivity contribution in [2.45, 2.75) is 76.0 Å². The summed E-state index contributed by atoms with van der Waals surface area (Å²) in [7, 11) is 1.36. The van der Waals surface area contributed by atoms with Gasteiger partial charge in [-0.3, -0.25) is 4.79 Å². The van der Waals surface area contributed by atoms with Gasteiger partial charge in [-0.15, -0.1) is 0 Å². The molecule has 2 spiro atoms. The number of aliphatic hydroxyl groups excluding tert-OH is 1. The average molecular weight is 437 g/mol. The van der Waals surface area contributed by atoms with Crippen LogP contribution in [-0.2, 0) is 38.1 Å². The first kappa shape index (κ1) is 19.9. The molecule has 6 fully saturated rings. The highest BCUT2D eigenvalue weighted by molar-refractivity contribution is 5.94. The third-order valence-electron chi connectivity index (χ3n) is 9.20. The molecule has 0 amide bonds. The quantitative estimate of drug-likeness (QED) is 0.399. The van der Waals surface area contributed by atoms with Crippen molar-refractivity contribution in [2.75, 3.05) is 7.11 Å². The van der Waals surface area contributed by atoms with Crippen LogP contribution in [0.15, 0.2) is 0 Å². The molecule has 10 heteroatoms. The maximum atomic E-state index is 13.5. The Morgan fingerprint density at radius 3 is 2.39 bits per heavy atom. The van der Waals surface area contributed by atoms with Crippen LogP contribution in [-0.4, -0.2) is 77.1 Å². The second kappa shape index (κ2) is 5.08. The number of hydrogen-bond donors (Lipinski definition) is 2. The maximum Gasteiger partial charge on any atom is 0.343 e. The van der Waals surface area contributed by atoms with E-state index in [-0.39, 0.29) is 5.92 Å². The summed E-state index contributed by atoms with van der Waals surface area (Å²) in [5.74, 6) is -3.79. The van der Waals surface area contributed by atoms with Crippen LogP contribution in [0.3, 0.4) is 0 Å². The molecule has 0 aromatic carbocycles. The Hall–Kier alpha value is -1.75. The van der Waals surface area contributed by atoms with E-state index in [9.17, 15) is 24.6 Å². The van der Waals surface area contributed by atoms with E-state index in [1.165, 1.54) is 14.0 Å². The van der Waals surface area contributed by atoms with Crippen LogP contribution in [0.1, 0.15) is 34.1 Å². The van der Waals surface area contributed by atoms with Crippen molar-refractivity contribution in [1.82, 2.24) is 0 Å². The highest BCUT2D eigenvalue weighted by Crippen LogP contribution is 2.84. The minimum absolute atomic E-state index is 0.315. The molecule has 0 aromatic rings. The van der Waals surface area contributed by atoms with Crippen molar-refractivity contribution in [2.24, 2.45) is 28.1 Å². The number of fused-ring (bicyclic) bond motifs is 1. The largest absolute Gasteiger partial charge is 0.459 e. The zero-order valence-electron chi connectivity index (χ0n) is 17.9. The highest BCUT2D eigenvalue weighted by Gasteiger charge is 3.04. The van der Waals surface area contributed by atoms with E-state index in [1.54, 1.807) is 0 Å². The third-order valence-corrected chi connectivity index (χ3v) is 9.20. The van der Waals surface area contributed by atoms with E-state index in [4.69, 9.17) is 23.7 Å². The fourth-order valence-electron chi connectivity index (χ4n) is 8.38. The van der Waals surface area contributed by atoms with Crippen molar-refractivity contribution >= 4 is 17.9 Å². The predicted molar refractivity (Wildman–Crippen MR) is 96.8 cm³/mol. The van der Waals surface area contributed by atoms with E-state index in [2.05, 4.69) is 0 Å². The topological polar surface area (TPSA) is 138 Å². The van der Waals surface area contributed by atoms with E-state index in [0.29, 0.717) is 6.42 Å². The number of carbonyl (C=O) groups is 3. The molecule has 170 valence electrons. The van der Waals surface area contributed by atoms with Gasteiger partial charge in [0.05, 0.1) is 16.7 Å². The Morgan fingerprint density at radius 1 is 1.10 bits per heavy atom. The van der Waals surface area contributed by atoms with Gasteiger partial charge in [0.2, 0.25) is 11.9 Å². The second-order valence-electron chi connectivity index (χ2n) is 10.9. The van der Waals surface area contributed by atoms with Crippen molar-refractivity contribution in [3.05, 3.63) is 0 Å². The number of aliphatic hydroxyl groups is 2. The monoisotopic (exact) mass is 437 g/mol. The summed E-state index contributed by atoms with van der Waals surface area (Å²) in [4.78, 5) is 38.8. The molecule has 0 bridgehead atoms. The Bertz CT molecular complexity index is 941. The standard InChI is InChI=1S/C21H26O10/c1-7-13(23)29-11-10(22)19-9-6-8(17(2,3)4)18(19)12(27-5)14(24)30-16(18)31-21(19,15(25)28-9)20(7,11)26/h7-12,16,22,26H,6H2,1-5H3/t7-,8+,9?,10+,11?,12+,16?,18?,19+,20?,21?/m1/s1/i5-1. The van der Waals surface area contributed by atoms with Crippen LogP contribution in [0.2, 0.25) is 0 Å². The van der Waals surface area contributed by atoms with Gasteiger partial charge in [0.25, 0.3) is 0 Å². The molecular weight excluding hydrogens is 411 g/mol. The van der Waals surface area contributed by atoms with Gasteiger partial charge >= 0.3 is 17.9 Å². The smallest absolute Gasteiger partial charge is 0.343 e. The molecule has 6 aliphatic rings. The van der Waals surface area contributed by atoms with Crippen LogP contribution in [0, 0.1) is 28.1 Å². The lowest BCUT2D eigenvalue weighted by Gasteiger charge is -2.48. The first-order valence-electron chi connectivity index (χ1n) is 10.6. The normalized spacial score (nSPS) is 58.5. The van der Waals surface area contributed by atoms with Crippen molar-refractivity contribution in [3.8, 4) is 0 Å². The Balaban J connectivity index is 1.72. The summed E-state index contributed by atoms with van der Waals surface area (Å²) in [6.07, 6.45) is -5.92. The van der Waals surface area contributed by atoms with Gasteiger partial charge in [-0.2, -0.15) is 0 Å². The number of carbonyl (C=O) groups excluding carboxylic acids is 3. The Morgan fingerprint density at radius 2 is 1.77 bits per heavy atom. The lowest BCUT2D eigenvalue weighted by molar-refractivity contribution is -0.239. The SMILES string of the molecule is C[C@@H]1C(=O)OC2[C@H](O)[C@@]34C5C[C@@H](C(C)(C)C)C36C(OC(=O)[C@@H]6O[11CH3])OC4(C(=O)O5)C21O. The molecule has 6 rings (SSSR count). The van der Waals surface area contributed by atoms with Gasteiger partial charge in [-0.05, 0) is 24.7 Å². The Labute approximate surface area is 178 Å². The third kappa shape index (κ3) is 1.49. The van der Waals surface area contributed by atoms with E-state index in [0.717, 1.165) is 0 Å². The van der Waals surface area contributed by atoms with Crippen LogP contribution < -0.4 is 0 Å². The molecule has 10 nitrogen and oxygen atoms in total. The van der Waals surface area contributed by atoms with Crippen molar-refractivity contribution in [1.29, 1.82) is 0 Å². The van der Waals surface area contributed by atoms with E-state index in [1.807, 2.05) is 20.8 Å². The van der Waals surface area contributed by atoms with Crippen LogP contribution >= 0.6 is 0 Å². The molecule has 4 heterocycles. The molecule has 2 aliphatic carbocycles. The van der Waals surface area contributed by atoms with Crippen molar-refractivity contribution in [3.63, 3.8) is 0 Å². The first-order valence-corrected chi connectivity index (χ1v) is 10.6. The summed E-state index contributed by atoms with van der Waals surface area (Å²) < 4.78 is 28.7. The second-order valence-corrected chi connectivity index (χ2v) is 10.9.